The molecule has 0 aliphatic carbocycles. The molecule has 126 valence electrons. The summed E-state index contributed by atoms with van der Waals surface area (Å²) in [4.78, 5) is 18.7. The molecule has 5 nitrogen and oxygen atoms in total. The molecule has 1 N–H and O–H groups in total. The largest absolute Gasteiger partial charge is 0.445 e. The van der Waals surface area contributed by atoms with Crippen LogP contribution in [0.3, 0.4) is 0 Å². The Bertz CT molecular complexity index is 703. The van der Waals surface area contributed by atoms with Gasteiger partial charge in [0.25, 0.3) is 0 Å². The Hall–Kier alpha value is -2.56. The summed E-state index contributed by atoms with van der Waals surface area (Å²) in [6, 6.07) is 11.9. The molecule has 1 aromatic carbocycles. The zero-order chi connectivity index (χ0) is 16.9. The summed E-state index contributed by atoms with van der Waals surface area (Å²) in [5, 5.41) is 3.07. The number of anilines is 1. The maximum atomic E-state index is 12.5. The van der Waals surface area contributed by atoms with Gasteiger partial charge < -0.3 is 15.0 Å². The van der Waals surface area contributed by atoms with Crippen molar-refractivity contribution in [1.29, 1.82) is 0 Å². The van der Waals surface area contributed by atoms with Crippen molar-refractivity contribution < 1.29 is 9.53 Å². The first-order chi connectivity index (χ1) is 11.7. The molecule has 2 heterocycles. The van der Waals surface area contributed by atoms with Crippen molar-refractivity contribution in [3.8, 4) is 0 Å². The third kappa shape index (κ3) is 3.50. The van der Waals surface area contributed by atoms with Gasteiger partial charge in [-0.3, -0.25) is 0 Å². The molecule has 1 aliphatic heterocycles. The lowest BCUT2D eigenvalue weighted by atomic mass is 10.1. The molecule has 1 saturated heterocycles. The Balaban J connectivity index is 1.68. The van der Waals surface area contributed by atoms with Crippen LogP contribution >= 0.6 is 0 Å². The van der Waals surface area contributed by atoms with E-state index in [0.717, 1.165) is 41.9 Å². The van der Waals surface area contributed by atoms with Crippen LogP contribution in [0.2, 0.25) is 0 Å². The highest BCUT2D eigenvalue weighted by molar-refractivity contribution is 5.69. The summed E-state index contributed by atoms with van der Waals surface area (Å²) in [6.07, 6.45) is 3.53. The molecule has 0 spiro atoms. The Labute approximate surface area is 142 Å². The van der Waals surface area contributed by atoms with E-state index in [9.17, 15) is 4.79 Å². The van der Waals surface area contributed by atoms with Crippen LogP contribution in [0.5, 0.6) is 0 Å². The molecule has 1 aliphatic rings. The van der Waals surface area contributed by atoms with Crippen LogP contribution in [-0.4, -0.2) is 29.6 Å². The SMILES string of the molecule is CNc1ncc([C@@H]2CCCN2C(=O)OCc2ccccc2)cc1C. The number of ether oxygens (including phenoxy) is 1. The molecule has 1 fully saturated rings. The molecule has 0 saturated carbocycles. The fraction of sp³-hybridized carbons (Fsp3) is 0.368. The first-order valence-electron chi connectivity index (χ1n) is 8.30. The molecule has 0 bridgehead atoms. The van der Waals surface area contributed by atoms with Gasteiger partial charge in [-0.25, -0.2) is 9.78 Å². The molecule has 5 heteroatoms. The van der Waals surface area contributed by atoms with Gasteiger partial charge in [0.1, 0.15) is 12.4 Å². The number of carbonyl (C=O) groups excluding carboxylic acids is 1. The number of hydrogen-bond acceptors (Lipinski definition) is 4. The van der Waals surface area contributed by atoms with Crippen LogP contribution in [0.15, 0.2) is 42.6 Å². The molecule has 2 aromatic rings. The minimum atomic E-state index is -0.253. The van der Waals surface area contributed by atoms with Gasteiger partial charge in [0.2, 0.25) is 0 Å². The highest BCUT2D eigenvalue weighted by Crippen LogP contribution is 2.33. The molecule has 0 unspecified atom stereocenters. The average molecular weight is 325 g/mol. The highest BCUT2D eigenvalue weighted by Gasteiger charge is 2.31. The minimum Gasteiger partial charge on any atom is -0.445 e. The molecule has 1 aromatic heterocycles. The number of carbonyl (C=O) groups is 1. The fourth-order valence-electron chi connectivity index (χ4n) is 3.17. The van der Waals surface area contributed by atoms with Crippen molar-refractivity contribution in [3.63, 3.8) is 0 Å². The van der Waals surface area contributed by atoms with Gasteiger partial charge in [0.05, 0.1) is 6.04 Å². The van der Waals surface area contributed by atoms with Crippen LogP contribution in [0, 0.1) is 6.92 Å². The second kappa shape index (κ2) is 7.34. The second-order valence-corrected chi connectivity index (χ2v) is 6.08. The Morgan fingerprint density at radius 2 is 2.17 bits per heavy atom. The van der Waals surface area contributed by atoms with Crippen LogP contribution in [0.1, 0.15) is 35.6 Å². The number of benzene rings is 1. The number of hydrogen-bond donors (Lipinski definition) is 1. The van der Waals surface area contributed by atoms with E-state index in [1.165, 1.54) is 0 Å². The van der Waals surface area contributed by atoms with Crippen molar-refractivity contribution in [2.75, 3.05) is 18.9 Å². The van der Waals surface area contributed by atoms with Crippen molar-refractivity contribution >= 4 is 11.9 Å². The fourth-order valence-corrected chi connectivity index (χ4v) is 3.17. The number of aromatic nitrogens is 1. The lowest BCUT2D eigenvalue weighted by Crippen LogP contribution is -2.31. The molecule has 3 rings (SSSR count). The summed E-state index contributed by atoms with van der Waals surface area (Å²) >= 11 is 0. The van der Waals surface area contributed by atoms with E-state index in [4.69, 9.17) is 4.74 Å². The van der Waals surface area contributed by atoms with E-state index < -0.39 is 0 Å². The van der Waals surface area contributed by atoms with E-state index >= 15 is 0 Å². The Morgan fingerprint density at radius 3 is 2.88 bits per heavy atom. The van der Waals surface area contributed by atoms with Crippen molar-refractivity contribution in [2.45, 2.75) is 32.4 Å². The van der Waals surface area contributed by atoms with Gasteiger partial charge in [-0.2, -0.15) is 0 Å². The van der Waals surface area contributed by atoms with Gasteiger partial charge in [-0.05, 0) is 42.5 Å². The Morgan fingerprint density at radius 1 is 1.38 bits per heavy atom. The topological polar surface area (TPSA) is 54.5 Å². The molecule has 24 heavy (non-hydrogen) atoms. The normalized spacial score (nSPS) is 16.9. The van der Waals surface area contributed by atoms with E-state index in [-0.39, 0.29) is 12.1 Å². The number of nitrogens with one attached hydrogen (secondary N) is 1. The van der Waals surface area contributed by atoms with Crippen molar-refractivity contribution in [3.05, 3.63) is 59.3 Å². The predicted molar refractivity (Wildman–Crippen MR) is 93.8 cm³/mol. The maximum Gasteiger partial charge on any atom is 0.410 e. The van der Waals surface area contributed by atoms with E-state index in [1.54, 1.807) is 0 Å². The summed E-state index contributed by atoms with van der Waals surface area (Å²) in [5.41, 5.74) is 3.15. The van der Waals surface area contributed by atoms with Crippen LogP contribution in [0.4, 0.5) is 10.6 Å². The van der Waals surface area contributed by atoms with Gasteiger partial charge >= 0.3 is 6.09 Å². The average Bonchev–Trinajstić information content (AvgIpc) is 3.10. The third-order valence-electron chi connectivity index (χ3n) is 4.41. The van der Waals surface area contributed by atoms with Gasteiger partial charge in [-0.1, -0.05) is 30.3 Å². The lowest BCUT2D eigenvalue weighted by Gasteiger charge is -2.24. The van der Waals surface area contributed by atoms with E-state index in [0.29, 0.717) is 6.61 Å². The number of rotatable bonds is 4. The standard InChI is InChI=1S/C19H23N3O2/c1-14-11-16(12-21-18(14)20-2)17-9-6-10-22(17)19(23)24-13-15-7-4-3-5-8-15/h3-5,7-8,11-12,17H,6,9-10,13H2,1-2H3,(H,20,21)/t17-/m0/s1. The summed E-state index contributed by atoms with van der Waals surface area (Å²) in [6.45, 7) is 3.05. The van der Waals surface area contributed by atoms with Crippen molar-refractivity contribution in [2.24, 2.45) is 0 Å². The number of nitrogens with zero attached hydrogens (tertiary/aromatic N) is 2. The highest BCUT2D eigenvalue weighted by atomic mass is 16.6. The van der Waals surface area contributed by atoms with E-state index in [2.05, 4.69) is 16.4 Å². The van der Waals surface area contributed by atoms with E-state index in [1.807, 2.05) is 55.4 Å². The van der Waals surface area contributed by atoms with Crippen LogP contribution in [0.25, 0.3) is 0 Å². The molecule has 1 amide bonds. The number of aryl methyl sites for hydroxylation is 1. The molecule has 0 radical (unpaired) electrons. The lowest BCUT2D eigenvalue weighted by molar-refractivity contribution is 0.0920. The van der Waals surface area contributed by atoms with Gasteiger partial charge in [0.15, 0.2) is 0 Å². The summed E-state index contributed by atoms with van der Waals surface area (Å²) in [7, 11) is 1.86. The number of likely N-dealkylation sites (tertiary alicyclic amines) is 1. The maximum absolute atomic E-state index is 12.5. The molecule has 1 atom stereocenters. The smallest absolute Gasteiger partial charge is 0.410 e. The van der Waals surface area contributed by atoms with Gasteiger partial charge in [0, 0.05) is 19.8 Å². The Kier molecular flexibility index (Phi) is 4.99. The summed E-state index contributed by atoms with van der Waals surface area (Å²) < 4.78 is 5.49. The minimum absolute atomic E-state index is 0.0466. The second-order valence-electron chi connectivity index (χ2n) is 6.08. The zero-order valence-electron chi connectivity index (χ0n) is 14.2. The van der Waals surface area contributed by atoms with Crippen molar-refractivity contribution in [1.82, 2.24) is 9.88 Å². The number of pyridine rings is 1. The van der Waals surface area contributed by atoms with Gasteiger partial charge in [-0.15, -0.1) is 0 Å². The predicted octanol–water partition coefficient (Wildman–Crippen LogP) is 3.91. The monoisotopic (exact) mass is 325 g/mol. The molecular formula is C19H23N3O2. The first-order valence-corrected chi connectivity index (χ1v) is 8.30. The molecular weight excluding hydrogens is 302 g/mol. The zero-order valence-corrected chi connectivity index (χ0v) is 14.2. The van der Waals surface area contributed by atoms with Crippen LogP contribution < -0.4 is 5.32 Å². The quantitative estimate of drug-likeness (QED) is 0.926. The first kappa shape index (κ1) is 16.3. The number of amides is 1. The summed E-state index contributed by atoms with van der Waals surface area (Å²) in [5.74, 6) is 0.870. The van der Waals surface area contributed by atoms with Crippen LogP contribution in [-0.2, 0) is 11.3 Å². The third-order valence-corrected chi connectivity index (χ3v) is 4.41.